The molecule has 0 atom stereocenters. The molecule has 0 radical (unpaired) electrons. The fourth-order valence-corrected chi connectivity index (χ4v) is 1.34. The second-order valence-electron chi connectivity index (χ2n) is 4.45. The molecule has 0 spiro atoms. The van der Waals surface area contributed by atoms with E-state index in [2.05, 4.69) is 4.74 Å². The van der Waals surface area contributed by atoms with Gasteiger partial charge in [-0.1, -0.05) is 0 Å². The topological polar surface area (TPSA) is 61.8 Å². The number of rotatable bonds is 6. The van der Waals surface area contributed by atoms with E-state index in [4.69, 9.17) is 9.47 Å². The summed E-state index contributed by atoms with van der Waals surface area (Å²) in [6.45, 7) is 4.38. The second-order valence-corrected chi connectivity index (χ2v) is 4.45. The van der Waals surface area contributed by atoms with Crippen molar-refractivity contribution in [2.75, 3.05) is 13.2 Å². The minimum absolute atomic E-state index is 0.214. The molecule has 0 fully saturated rings. The predicted octanol–water partition coefficient (Wildman–Crippen LogP) is 2.09. The van der Waals surface area contributed by atoms with E-state index in [1.807, 2.05) is 0 Å². The third-order valence-electron chi connectivity index (χ3n) is 2.30. The van der Waals surface area contributed by atoms with Crippen LogP contribution in [-0.4, -0.2) is 30.8 Å². The number of ether oxygens (including phenoxy) is 3. The Kier molecular flexibility index (Phi) is 5.49. The van der Waals surface area contributed by atoms with E-state index in [1.165, 1.54) is 38.1 Å². The molecule has 0 saturated heterocycles. The van der Waals surface area contributed by atoms with Gasteiger partial charge in [0, 0.05) is 0 Å². The van der Waals surface area contributed by atoms with Crippen molar-refractivity contribution in [3.63, 3.8) is 0 Å². The zero-order chi connectivity index (χ0) is 15.2. The third-order valence-corrected chi connectivity index (χ3v) is 2.30. The van der Waals surface area contributed by atoms with Gasteiger partial charge in [-0.2, -0.15) is 0 Å². The van der Waals surface area contributed by atoms with Crippen molar-refractivity contribution < 1.29 is 28.2 Å². The average molecular weight is 284 g/mol. The van der Waals surface area contributed by atoms with Crippen LogP contribution in [0, 0.1) is 5.82 Å². The minimum atomic E-state index is -1.30. The highest BCUT2D eigenvalue weighted by molar-refractivity contribution is 5.82. The van der Waals surface area contributed by atoms with Gasteiger partial charge >= 0.3 is 11.9 Å². The average Bonchev–Trinajstić information content (AvgIpc) is 2.38. The molecule has 5 nitrogen and oxygen atoms in total. The highest BCUT2D eigenvalue weighted by atomic mass is 19.1. The SMILES string of the molecule is CCOC(=O)COC(=O)C(C)(C)Oc1ccc(F)cc1. The fraction of sp³-hybridized carbons (Fsp3) is 0.429. The molecular formula is C14H17FO5. The van der Waals surface area contributed by atoms with E-state index < -0.39 is 30.0 Å². The lowest BCUT2D eigenvalue weighted by Crippen LogP contribution is -2.40. The van der Waals surface area contributed by atoms with Gasteiger partial charge in [-0.25, -0.2) is 14.0 Å². The molecule has 1 aromatic carbocycles. The van der Waals surface area contributed by atoms with Gasteiger partial charge in [0.05, 0.1) is 6.61 Å². The van der Waals surface area contributed by atoms with Gasteiger partial charge in [-0.3, -0.25) is 0 Å². The molecule has 6 heteroatoms. The van der Waals surface area contributed by atoms with Gasteiger partial charge in [0.1, 0.15) is 11.6 Å². The summed E-state index contributed by atoms with van der Waals surface area (Å²) in [6, 6.07) is 5.23. The molecule has 1 rings (SSSR count). The molecule has 0 aliphatic heterocycles. The summed E-state index contributed by atoms with van der Waals surface area (Å²) in [7, 11) is 0. The fourth-order valence-electron chi connectivity index (χ4n) is 1.34. The van der Waals surface area contributed by atoms with Crippen LogP contribution in [0.2, 0.25) is 0 Å². The summed E-state index contributed by atoms with van der Waals surface area (Å²) in [6.07, 6.45) is 0. The standard InChI is InChI=1S/C14H17FO5/c1-4-18-12(16)9-19-13(17)14(2,3)20-11-7-5-10(15)6-8-11/h5-8H,4,9H2,1-3H3. The Hall–Kier alpha value is -2.11. The van der Waals surface area contributed by atoms with E-state index in [1.54, 1.807) is 6.92 Å². The Labute approximate surface area is 116 Å². The van der Waals surface area contributed by atoms with Crippen LogP contribution in [0.4, 0.5) is 4.39 Å². The number of hydrogen-bond acceptors (Lipinski definition) is 5. The van der Waals surface area contributed by atoms with E-state index in [0.29, 0.717) is 5.75 Å². The van der Waals surface area contributed by atoms with E-state index in [9.17, 15) is 14.0 Å². The molecule has 110 valence electrons. The molecule has 20 heavy (non-hydrogen) atoms. The van der Waals surface area contributed by atoms with Crippen LogP contribution < -0.4 is 4.74 Å². The largest absolute Gasteiger partial charge is 0.476 e. The normalized spacial score (nSPS) is 10.8. The number of esters is 2. The molecule has 0 saturated carbocycles. The van der Waals surface area contributed by atoms with Crippen molar-refractivity contribution in [1.29, 1.82) is 0 Å². The molecule has 1 aromatic rings. The molecule has 0 aliphatic rings. The quantitative estimate of drug-likeness (QED) is 0.748. The van der Waals surface area contributed by atoms with E-state index in [0.717, 1.165) is 0 Å². The zero-order valence-corrected chi connectivity index (χ0v) is 11.6. The summed E-state index contributed by atoms with van der Waals surface area (Å²) in [5.41, 5.74) is -1.30. The molecule has 0 aliphatic carbocycles. The lowest BCUT2D eigenvalue weighted by atomic mass is 10.1. The van der Waals surface area contributed by atoms with Crippen molar-refractivity contribution in [3.8, 4) is 5.75 Å². The summed E-state index contributed by atoms with van der Waals surface area (Å²) >= 11 is 0. The van der Waals surface area contributed by atoms with Crippen molar-refractivity contribution in [2.45, 2.75) is 26.4 Å². The maximum atomic E-state index is 12.8. The predicted molar refractivity (Wildman–Crippen MR) is 68.7 cm³/mol. The van der Waals surface area contributed by atoms with Gasteiger partial charge in [0.2, 0.25) is 0 Å². The highest BCUT2D eigenvalue weighted by Gasteiger charge is 2.32. The Bertz CT molecular complexity index is 467. The van der Waals surface area contributed by atoms with E-state index in [-0.39, 0.29) is 6.61 Å². The van der Waals surface area contributed by atoms with Gasteiger partial charge in [-0.15, -0.1) is 0 Å². The van der Waals surface area contributed by atoms with Crippen LogP contribution in [0.25, 0.3) is 0 Å². The molecule has 0 heterocycles. The maximum Gasteiger partial charge on any atom is 0.350 e. The molecule has 0 N–H and O–H groups in total. The molecule has 0 bridgehead atoms. The summed E-state index contributed by atoms with van der Waals surface area (Å²) in [4.78, 5) is 22.9. The third kappa shape index (κ3) is 4.87. The van der Waals surface area contributed by atoms with Crippen molar-refractivity contribution in [2.24, 2.45) is 0 Å². The molecule has 0 aromatic heterocycles. The Morgan fingerprint density at radius 2 is 1.75 bits per heavy atom. The van der Waals surface area contributed by atoms with Crippen molar-refractivity contribution >= 4 is 11.9 Å². The Balaban J connectivity index is 2.56. The first kappa shape index (κ1) is 15.9. The smallest absolute Gasteiger partial charge is 0.350 e. The van der Waals surface area contributed by atoms with Crippen LogP contribution in [0.3, 0.4) is 0 Å². The monoisotopic (exact) mass is 284 g/mol. The van der Waals surface area contributed by atoms with Crippen LogP contribution in [0.5, 0.6) is 5.75 Å². The molecular weight excluding hydrogens is 267 g/mol. The summed E-state index contributed by atoms with van der Waals surface area (Å²) in [5, 5.41) is 0. The van der Waals surface area contributed by atoms with Gasteiger partial charge in [0.25, 0.3) is 0 Å². The lowest BCUT2D eigenvalue weighted by Gasteiger charge is -2.24. The number of carbonyl (C=O) groups is 2. The Morgan fingerprint density at radius 3 is 2.30 bits per heavy atom. The van der Waals surface area contributed by atoms with E-state index >= 15 is 0 Å². The summed E-state index contributed by atoms with van der Waals surface area (Å²) < 4.78 is 27.6. The second kappa shape index (κ2) is 6.88. The van der Waals surface area contributed by atoms with Crippen LogP contribution in [0.15, 0.2) is 24.3 Å². The first-order chi connectivity index (χ1) is 9.35. The first-order valence-corrected chi connectivity index (χ1v) is 6.12. The van der Waals surface area contributed by atoms with Crippen LogP contribution in [-0.2, 0) is 19.1 Å². The van der Waals surface area contributed by atoms with Crippen molar-refractivity contribution in [1.82, 2.24) is 0 Å². The zero-order valence-electron chi connectivity index (χ0n) is 11.6. The van der Waals surface area contributed by atoms with Crippen LogP contribution >= 0.6 is 0 Å². The first-order valence-electron chi connectivity index (χ1n) is 6.12. The molecule has 0 unspecified atom stereocenters. The highest BCUT2D eigenvalue weighted by Crippen LogP contribution is 2.19. The van der Waals surface area contributed by atoms with Gasteiger partial charge in [0.15, 0.2) is 12.2 Å². The lowest BCUT2D eigenvalue weighted by molar-refractivity contribution is -0.167. The van der Waals surface area contributed by atoms with Gasteiger partial charge < -0.3 is 14.2 Å². The number of benzene rings is 1. The Morgan fingerprint density at radius 1 is 1.15 bits per heavy atom. The van der Waals surface area contributed by atoms with Crippen LogP contribution in [0.1, 0.15) is 20.8 Å². The minimum Gasteiger partial charge on any atom is -0.476 e. The molecule has 0 amide bonds. The van der Waals surface area contributed by atoms with Crippen molar-refractivity contribution in [3.05, 3.63) is 30.1 Å². The number of carbonyl (C=O) groups excluding carboxylic acids is 2. The van der Waals surface area contributed by atoms with Gasteiger partial charge in [-0.05, 0) is 45.0 Å². The maximum absolute atomic E-state index is 12.8. The number of halogens is 1. The summed E-state index contributed by atoms with van der Waals surface area (Å²) in [5.74, 6) is -1.42. The number of hydrogen-bond donors (Lipinski definition) is 0.